The van der Waals surface area contributed by atoms with Crippen molar-refractivity contribution < 1.29 is 12.8 Å². The molecule has 1 aliphatic heterocycles. The van der Waals surface area contributed by atoms with E-state index in [1.165, 1.54) is 0 Å². The zero-order chi connectivity index (χ0) is 15.7. The molecule has 2 atom stereocenters. The highest BCUT2D eigenvalue weighted by atomic mass is 32.2. The molecule has 1 aliphatic rings. The highest BCUT2D eigenvalue weighted by Crippen LogP contribution is 2.25. The van der Waals surface area contributed by atoms with Crippen LogP contribution in [0.5, 0.6) is 0 Å². The molecule has 3 rings (SSSR count). The maximum Gasteiger partial charge on any atom is 0.280 e. The van der Waals surface area contributed by atoms with E-state index in [-0.39, 0.29) is 0 Å². The lowest BCUT2D eigenvalue weighted by Gasteiger charge is -2.30. The van der Waals surface area contributed by atoms with E-state index in [1.807, 2.05) is 37.3 Å². The molecule has 1 aromatic heterocycles. The first kappa shape index (κ1) is 15.5. The van der Waals surface area contributed by atoms with E-state index in [4.69, 9.17) is 4.42 Å². The molecule has 0 saturated carbocycles. The lowest BCUT2D eigenvalue weighted by molar-refractivity contribution is 0.276. The monoisotopic (exact) mass is 322 g/mol. The van der Waals surface area contributed by atoms with Crippen LogP contribution < -0.4 is 4.72 Å². The number of hydrogen-bond donors (Lipinski definition) is 1. The molecule has 0 radical (unpaired) electrons. The van der Waals surface area contributed by atoms with Gasteiger partial charge in [-0.05, 0) is 37.8 Å². The summed E-state index contributed by atoms with van der Waals surface area (Å²) in [4.78, 5) is 0. The molecule has 2 heterocycles. The van der Waals surface area contributed by atoms with Gasteiger partial charge in [0.25, 0.3) is 10.2 Å². The van der Waals surface area contributed by atoms with Crippen molar-refractivity contribution >= 4 is 21.2 Å². The van der Waals surface area contributed by atoms with Gasteiger partial charge in [-0.25, -0.2) is 0 Å². The third kappa shape index (κ3) is 3.19. The zero-order valence-electron chi connectivity index (χ0n) is 13.0. The van der Waals surface area contributed by atoms with Crippen molar-refractivity contribution in [3.8, 4) is 0 Å². The molecule has 0 spiro atoms. The second-order valence-corrected chi connectivity index (χ2v) is 7.84. The molecule has 0 bridgehead atoms. The summed E-state index contributed by atoms with van der Waals surface area (Å²) < 4.78 is 35.0. The van der Waals surface area contributed by atoms with Crippen LogP contribution in [0.3, 0.4) is 0 Å². The molecule has 5 nitrogen and oxygen atoms in total. The summed E-state index contributed by atoms with van der Waals surface area (Å²) in [5, 5.41) is 0.982. The molecule has 120 valence electrons. The fraction of sp³-hybridized carbons (Fsp3) is 0.500. The maximum atomic E-state index is 12.5. The van der Waals surface area contributed by atoms with Crippen LogP contribution in [0, 0.1) is 5.92 Å². The average molecular weight is 322 g/mol. The largest absolute Gasteiger partial charge is 0.459 e. The van der Waals surface area contributed by atoms with Gasteiger partial charge in [0.1, 0.15) is 11.3 Å². The predicted octanol–water partition coefficient (Wildman–Crippen LogP) is 3.06. The van der Waals surface area contributed by atoms with Crippen molar-refractivity contribution in [2.24, 2.45) is 5.92 Å². The van der Waals surface area contributed by atoms with Crippen LogP contribution in [0.4, 0.5) is 0 Å². The Hall–Kier alpha value is -1.37. The average Bonchev–Trinajstić information content (AvgIpc) is 2.91. The third-order valence-electron chi connectivity index (χ3n) is 4.16. The minimum atomic E-state index is -3.48. The Bertz CT molecular complexity index is 721. The number of fused-ring (bicyclic) bond motifs is 1. The predicted molar refractivity (Wildman–Crippen MR) is 86.7 cm³/mol. The van der Waals surface area contributed by atoms with Gasteiger partial charge in [-0.2, -0.15) is 17.4 Å². The van der Waals surface area contributed by atoms with E-state index in [1.54, 1.807) is 4.31 Å². The number of nitrogens with zero attached hydrogens (tertiary/aromatic N) is 1. The SMILES string of the molecule is C[C@@H]1CCCN(S(=O)(=O)N[C@@H](C)c2cc3ccccc3o2)C1. The number of piperidine rings is 1. The molecular formula is C16H22N2O3S. The van der Waals surface area contributed by atoms with Gasteiger partial charge in [0, 0.05) is 18.5 Å². The zero-order valence-corrected chi connectivity index (χ0v) is 13.8. The summed E-state index contributed by atoms with van der Waals surface area (Å²) in [7, 11) is -3.48. The van der Waals surface area contributed by atoms with Crippen LogP contribution in [-0.4, -0.2) is 25.8 Å². The van der Waals surface area contributed by atoms with Gasteiger partial charge >= 0.3 is 0 Å². The Kier molecular flexibility index (Phi) is 4.25. The molecule has 1 N–H and O–H groups in total. The molecule has 0 unspecified atom stereocenters. The number of benzene rings is 1. The van der Waals surface area contributed by atoms with E-state index in [9.17, 15) is 8.42 Å². The van der Waals surface area contributed by atoms with E-state index in [0.717, 1.165) is 23.8 Å². The minimum Gasteiger partial charge on any atom is -0.459 e. The van der Waals surface area contributed by atoms with Crippen LogP contribution >= 0.6 is 0 Å². The second kappa shape index (κ2) is 6.02. The molecular weight excluding hydrogens is 300 g/mol. The van der Waals surface area contributed by atoms with Crippen LogP contribution in [0.15, 0.2) is 34.7 Å². The van der Waals surface area contributed by atoms with Gasteiger partial charge in [-0.3, -0.25) is 0 Å². The van der Waals surface area contributed by atoms with E-state index >= 15 is 0 Å². The lowest BCUT2D eigenvalue weighted by Crippen LogP contribution is -2.46. The standard InChI is InChI=1S/C16H22N2O3S/c1-12-6-5-9-18(11-12)22(19,20)17-13(2)16-10-14-7-3-4-8-15(14)21-16/h3-4,7-8,10,12-13,17H,5-6,9,11H2,1-2H3/t12-,13+/m1/s1. The summed E-state index contributed by atoms with van der Waals surface area (Å²) >= 11 is 0. The molecule has 6 heteroatoms. The normalized spacial score (nSPS) is 22.0. The molecule has 0 amide bonds. The molecule has 22 heavy (non-hydrogen) atoms. The number of nitrogens with one attached hydrogen (secondary N) is 1. The number of hydrogen-bond acceptors (Lipinski definition) is 3. The summed E-state index contributed by atoms with van der Waals surface area (Å²) in [5.41, 5.74) is 0.773. The number of rotatable bonds is 4. The van der Waals surface area contributed by atoms with Crippen molar-refractivity contribution in [2.45, 2.75) is 32.7 Å². The van der Waals surface area contributed by atoms with Crippen LogP contribution in [0.25, 0.3) is 11.0 Å². The molecule has 2 aromatic rings. The summed E-state index contributed by atoms with van der Waals surface area (Å²) in [6.07, 6.45) is 2.01. The minimum absolute atomic E-state index is 0.394. The van der Waals surface area contributed by atoms with Crippen LogP contribution in [0.1, 0.15) is 38.5 Å². The van der Waals surface area contributed by atoms with Gasteiger partial charge in [-0.15, -0.1) is 0 Å². The first-order valence-corrected chi connectivity index (χ1v) is 9.15. The van der Waals surface area contributed by atoms with Gasteiger partial charge in [-0.1, -0.05) is 25.1 Å². The van der Waals surface area contributed by atoms with Gasteiger partial charge in [0.15, 0.2) is 0 Å². The Morgan fingerprint density at radius 3 is 2.86 bits per heavy atom. The van der Waals surface area contributed by atoms with E-state index in [2.05, 4.69) is 11.6 Å². The third-order valence-corrected chi connectivity index (χ3v) is 5.82. The van der Waals surface area contributed by atoms with Crippen LogP contribution in [-0.2, 0) is 10.2 Å². The number of para-hydroxylation sites is 1. The maximum absolute atomic E-state index is 12.5. The first-order chi connectivity index (χ1) is 10.5. The highest BCUT2D eigenvalue weighted by molar-refractivity contribution is 7.87. The van der Waals surface area contributed by atoms with Crippen molar-refractivity contribution in [1.29, 1.82) is 0 Å². The van der Waals surface area contributed by atoms with E-state index < -0.39 is 16.3 Å². The van der Waals surface area contributed by atoms with Crippen molar-refractivity contribution in [2.75, 3.05) is 13.1 Å². The molecule has 0 aliphatic carbocycles. The lowest BCUT2D eigenvalue weighted by atomic mass is 10.0. The Balaban J connectivity index is 1.76. The fourth-order valence-electron chi connectivity index (χ4n) is 2.94. The van der Waals surface area contributed by atoms with Crippen molar-refractivity contribution in [3.05, 3.63) is 36.1 Å². The summed E-state index contributed by atoms with van der Waals surface area (Å²) in [6, 6.07) is 9.17. The molecule has 1 fully saturated rings. The number of furan rings is 1. The Labute approximate surface area is 131 Å². The Morgan fingerprint density at radius 1 is 1.36 bits per heavy atom. The van der Waals surface area contributed by atoms with Crippen LogP contribution in [0.2, 0.25) is 0 Å². The van der Waals surface area contributed by atoms with Gasteiger partial charge in [0.2, 0.25) is 0 Å². The Morgan fingerprint density at radius 2 is 2.14 bits per heavy atom. The summed E-state index contributed by atoms with van der Waals surface area (Å²) in [5.74, 6) is 1.04. The second-order valence-electron chi connectivity index (χ2n) is 6.14. The highest BCUT2D eigenvalue weighted by Gasteiger charge is 2.29. The van der Waals surface area contributed by atoms with E-state index in [0.29, 0.717) is 24.8 Å². The van der Waals surface area contributed by atoms with Crippen molar-refractivity contribution in [3.63, 3.8) is 0 Å². The van der Waals surface area contributed by atoms with Gasteiger partial charge < -0.3 is 4.42 Å². The molecule has 1 aromatic carbocycles. The smallest absolute Gasteiger partial charge is 0.280 e. The topological polar surface area (TPSA) is 62.6 Å². The first-order valence-electron chi connectivity index (χ1n) is 7.71. The van der Waals surface area contributed by atoms with Gasteiger partial charge in [0.05, 0.1) is 6.04 Å². The molecule has 1 saturated heterocycles. The fourth-order valence-corrected chi connectivity index (χ4v) is 4.47. The summed E-state index contributed by atoms with van der Waals surface area (Å²) in [6.45, 7) is 5.07. The quantitative estimate of drug-likeness (QED) is 0.941. The van der Waals surface area contributed by atoms with Crippen molar-refractivity contribution in [1.82, 2.24) is 9.03 Å².